The molecule has 0 nitrogen and oxygen atoms in total. The van der Waals surface area contributed by atoms with Crippen molar-refractivity contribution in [3.8, 4) is 0 Å². The van der Waals surface area contributed by atoms with Crippen molar-refractivity contribution in [3.05, 3.63) is 11.6 Å². The summed E-state index contributed by atoms with van der Waals surface area (Å²) in [7, 11) is 0. The van der Waals surface area contributed by atoms with Gasteiger partial charge in [-0.25, -0.2) is 0 Å². The molecule has 0 saturated carbocycles. The van der Waals surface area contributed by atoms with Crippen molar-refractivity contribution in [1.29, 1.82) is 0 Å². The molecular formula is C7H14Se2. The van der Waals surface area contributed by atoms with Crippen molar-refractivity contribution in [2.75, 3.05) is 0 Å². The van der Waals surface area contributed by atoms with Crippen LogP contribution in [-0.4, -0.2) is 29.9 Å². The fraction of sp³-hybridized carbons (Fsp3) is 0.714. The minimum absolute atomic E-state index is 0.825. The number of hydrogen-bond acceptors (Lipinski definition) is 0. The van der Waals surface area contributed by atoms with E-state index < -0.39 is 0 Å². The SMILES string of the molecule is C[Se]C(C=C(C)C)[Se]C. The Balaban J connectivity index is 3.68. The van der Waals surface area contributed by atoms with Crippen LogP contribution in [0.1, 0.15) is 13.8 Å². The Hall–Kier alpha value is 0.779. The van der Waals surface area contributed by atoms with E-state index in [9.17, 15) is 0 Å². The zero-order chi connectivity index (χ0) is 7.28. The Morgan fingerprint density at radius 1 is 1.22 bits per heavy atom. The normalized spacial score (nSPS) is 9.89. The monoisotopic (exact) mass is 258 g/mol. The molecule has 0 aromatic carbocycles. The molecule has 2 heteroatoms. The summed E-state index contributed by atoms with van der Waals surface area (Å²) in [4.78, 5) is 0. The topological polar surface area (TPSA) is 0 Å². The molecule has 0 N–H and O–H groups in total. The fourth-order valence-electron chi connectivity index (χ4n) is 0.504. The summed E-state index contributed by atoms with van der Waals surface area (Å²) in [6.07, 6.45) is 2.42. The van der Waals surface area contributed by atoms with Crippen LogP contribution >= 0.6 is 0 Å². The quantitative estimate of drug-likeness (QED) is 0.536. The second-order valence-corrected chi connectivity index (χ2v) is 7.71. The Labute approximate surface area is 70.8 Å². The van der Waals surface area contributed by atoms with E-state index in [1.807, 2.05) is 0 Å². The fourth-order valence-corrected chi connectivity index (χ4v) is 4.72. The van der Waals surface area contributed by atoms with E-state index in [1.54, 1.807) is 0 Å². The molecule has 0 aliphatic rings. The summed E-state index contributed by atoms with van der Waals surface area (Å²) >= 11 is 1.65. The molecule has 54 valence electrons. The molecular weight excluding hydrogens is 242 g/mol. The molecule has 0 saturated heterocycles. The van der Waals surface area contributed by atoms with Crippen molar-refractivity contribution in [2.24, 2.45) is 0 Å². The van der Waals surface area contributed by atoms with Crippen LogP contribution in [0.4, 0.5) is 0 Å². The Morgan fingerprint density at radius 2 is 1.67 bits per heavy atom. The van der Waals surface area contributed by atoms with Gasteiger partial charge >= 0.3 is 70.8 Å². The van der Waals surface area contributed by atoms with Crippen LogP contribution in [0.2, 0.25) is 15.4 Å². The van der Waals surface area contributed by atoms with Crippen LogP contribution in [0.5, 0.6) is 0 Å². The number of allylic oxidation sites excluding steroid dienone is 2. The molecule has 0 aromatic heterocycles. The van der Waals surface area contributed by atoms with Gasteiger partial charge < -0.3 is 0 Å². The van der Waals surface area contributed by atoms with E-state index in [0.717, 1.165) is 33.6 Å². The van der Waals surface area contributed by atoms with E-state index in [0.29, 0.717) is 0 Å². The summed E-state index contributed by atoms with van der Waals surface area (Å²) in [5.41, 5.74) is 1.48. The molecule has 0 aliphatic carbocycles. The second-order valence-electron chi connectivity index (χ2n) is 2.08. The van der Waals surface area contributed by atoms with Crippen LogP contribution in [0.15, 0.2) is 11.6 Å². The molecule has 0 unspecified atom stereocenters. The third-order valence-electron chi connectivity index (χ3n) is 0.934. The van der Waals surface area contributed by atoms with Crippen LogP contribution in [-0.2, 0) is 0 Å². The average molecular weight is 256 g/mol. The Kier molecular flexibility index (Phi) is 6.04. The molecule has 0 bridgehead atoms. The summed E-state index contributed by atoms with van der Waals surface area (Å²) in [6, 6.07) is 0. The molecule has 0 fully saturated rings. The average Bonchev–Trinajstić information content (AvgIpc) is 1.82. The Bertz CT molecular complexity index is 89.1. The molecule has 0 radical (unpaired) electrons. The van der Waals surface area contributed by atoms with E-state index in [1.165, 1.54) is 5.57 Å². The molecule has 0 amide bonds. The van der Waals surface area contributed by atoms with Gasteiger partial charge in [0.2, 0.25) is 0 Å². The van der Waals surface area contributed by atoms with E-state index in [2.05, 4.69) is 31.6 Å². The summed E-state index contributed by atoms with van der Waals surface area (Å²) < 4.78 is 0.940. The van der Waals surface area contributed by atoms with Gasteiger partial charge in [0, 0.05) is 0 Å². The van der Waals surface area contributed by atoms with E-state index in [4.69, 9.17) is 0 Å². The van der Waals surface area contributed by atoms with Gasteiger partial charge in [-0.05, 0) is 0 Å². The van der Waals surface area contributed by atoms with Crippen LogP contribution in [0.25, 0.3) is 0 Å². The van der Waals surface area contributed by atoms with Crippen LogP contribution in [0, 0.1) is 0 Å². The van der Waals surface area contributed by atoms with Gasteiger partial charge in [-0.15, -0.1) is 0 Å². The second kappa shape index (κ2) is 5.56. The van der Waals surface area contributed by atoms with Crippen molar-refractivity contribution in [2.45, 2.75) is 29.2 Å². The van der Waals surface area contributed by atoms with Gasteiger partial charge in [0.25, 0.3) is 0 Å². The zero-order valence-corrected chi connectivity index (χ0v) is 9.90. The van der Waals surface area contributed by atoms with Gasteiger partial charge in [-0.2, -0.15) is 0 Å². The van der Waals surface area contributed by atoms with Crippen molar-refractivity contribution in [3.63, 3.8) is 0 Å². The van der Waals surface area contributed by atoms with Crippen molar-refractivity contribution in [1.82, 2.24) is 0 Å². The molecule has 0 rings (SSSR count). The van der Waals surface area contributed by atoms with E-state index >= 15 is 0 Å². The molecule has 0 heterocycles. The standard InChI is InChI=1S/C7H14Se2/c1-6(2)5-7(8-3)9-4/h5,7H,1-4H3. The predicted octanol–water partition coefficient (Wildman–Crippen LogP) is 2.20. The summed E-state index contributed by atoms with van der Waals surface area (Å²) in [5, 5.41) is 0. The first-order chi connectivity index (χ1) is 4.20. The predicted molar refractivity (Wildman–Crippen MR) is 46.4 cm³/mol. The first-order valence-electron chi connectivity index (χ1n) is 2.91. The zero-order valence-electron chi connectivity index (χ0n) is 6.47. The third kappa shape index (κ3) is 5.23. The first-order valence-corrected chi connectivity index (χ1v) is 8.31. The van der Waals surface area contributed by atoms with Crippen LogP contribution in [0.3, 0.4) is 0 Å². The van der Waals surface area contributed by atoms with Crippen molar-refractivity contribution < 1.29 is 0 Å². The molecule has 0 atom stereocenters. The van der Waals surface area contributed by atoms with Crippen molar-refractivity contribution >= 4 is 29.9 Å². The molecule has 0 aliphatic heterocycles. The Morgan fingerprint density at radius 3 is 1.78 bits per heavy atom. The number of rotatable bonds is 3. The minimum atomic E-state index is 0.825. The molecule has 9 heavy (non-hydrogen) atoms. The van der Waals surface area contributed by atoms with Gasteiger partial charge in [-0.1, -0.05) is 0 Å². The third-order valence-corrected chi connectivity index (χ3v) is 7.65. The maximum atomic E-state index is 2.42. The first kappa shape index (κ1) is 9.78. The van der Waals surface area contributed by atoms with Gasteiger partial charge in [0.05, 0.1) is 0 Å². The van der Waals surface area contributed by atoms with Crippen LogP contribution < -0.4 is 0 Å². The van der Waals surface area contributed by atoms with Gasteiger partial charge in [0.1, 0.15) is 0 Å². The molecule has 0 aromatic rings. The summed E-state index contributed by atoms with van der Waals surface area (Å²) in [5.74, 6) is 4.64. The molecule has 0 spiro atoms. The summed E-state index contributed by atoms with van der Waals surface area (Å²) in [6.45, 7) is 4.37. The maximum absolute atomic E-state index is 2.42. The van der Waals surface area contributed by atoms with Gasteiger partial charge in [-0.3, -0.25) is 0 Å². The number of hydrogen-bond donors (Lipinski definition) is 0. The van der Waals surface area contributed by atoms with Gasteiger partial charge in [0.15, 0.2) is 0 Å². The van der Waals surface area contributed by atoms with E-state index in [-0.39, 0.29) is 0 Å².